The van der Waals surface area contributed by atoms with Crippen LogP contribution in [0.5, 0.6) is 0 Å². The maximum atomic E-state index is 6.04. The monoisotopic (exact) mass is 276 g/mol. The molecule has 1 aliphatic heterocycles. The molecular formula is C16H25BO3. The second-order valence-corrected chi connectivity index (χ2v) is 7.16. The minimum atomic E-state index is -0.377. The highest BCUT2D eigenvalue weighted by molar-refractivity contribution is 6.60. The highest BCUT2D eigenvalue weighted by Crippen LogP contribution is 2.37. The molecular weight excluding hydrogens is 251 g/mol. The van der Waals surface area contributed by atoms with E-state index in [1.54, 1.807) is 0 Å². The molecule has 1 aromatic heterocycles. The highest BCUT2D eigenvalue weighted by Gasteiger charge is 2.53. The first-order valence-corrected chi connectivity index (χ1v) is 7.84. The molecule has 20 heavy (non-hydrogen) atoms. The maximum Gasteiger partial charge on any atom is 0.532 e. The van der Waals surface area contributed by atoms with Gasteiger partial charge < -0.3 is 13.7 Å². The molecule has 2 heterocycles. The first-order chi connectivity index (χ1) is 9.39. The van der Waals surface area contributed by atoms with E-state index >= 15 is 0 Å². The van der Waals surface area contributed by atoms with Crippen LogP contribution in [0, 0.1) is 0 Å². The summed E-state index contributed by atoms with van der Waals surface area (Å²) in [5.41, 5.74) is 0.189. The Kier molecular flexibility index (Phi) is 3.50. The van der Waals surface area contributed by atoms with Crippen molar-refractivity contribution in [3.8, 4) is 0 Å². The van der Waals surface area contributed by atoms with Gasteiger partial charge in [-0.1, -0.05) is 19.3 Å². The molecule has 0 atom stereocenters. The second kappa shape index (κ2) is 4.92. The molecule has 0 N–H and O–H groups in total. The molecule has 1 aromatic rings. The van der Waals surface area contributed by atoms with Gasteiger partial charge >= 0.3 is 7.12 Å². The van der Waals surface area contributed by atoms with E-state index in [1.807, 2.05) is 6.07 Å². The summed E-state index contributed by atoms with van der Waals surface area (Å²) in [6.07, 6.45) is 6.49. The average Bonchev–Trinajstić information content (AvgIpc) is 2.94. The third-order valence-electron chi connectivity index (χ3n) is 5.14. The van der Waals surface area contributed by atoms with E-state index in [2.05, 4.69) is 33.8 Å². The molecule has 0 aromatic carbocycles. The Labute approximate surface area is 122 Å². The molecule has 2 fully saturated rings. The summed E-state index contributed by atoms with van der Waals surface area (Å²) in [7, 11) is -0.377. The fourth-order valence-electron chi connectivity index (χ4n) is 3.06. The maximum absolute atomic E-state index is 6.04. The van der Waals surface area contributed by atoms with Crippen LogP contribution in [0.3, 0.4) is 0 Å². The van der Waals surface area contributed by atoms with Crippen LogP contribution in [0.25, 0.3) is 0 Å². The highest BCUT2D eigenvalue weighted by atomic mass is 16.7. The van der Waals surface area contributed by atoms with E-state index in [-0.39, 0.29) is 18.3 Å². The van der Waals surface area contributed by atoms with Crippen molar-refractivity contribution in [1.29, 1.82) is 0 Å². The van der Waals surface area contributed by atoms with Crippen molar-refractivity contribution in [2.24, 2.45) is 0 Å². The molecule has 4 heteroatoms. The number of rotatable bonds is 2. The Morgan fingerprint density at radius 3 is 2.15 bits per heavy atom. The van der Waals surface area contributed by atoms with Gasteiger partial charge in [0.2, 0.25) is 0 Å². The lowest BCUT2D eigenvalue weighted by atomic mass is 9.86. The molecule has 3 nitrogen and oxygen atoms in total. The van der Waals surface area contributed by atoms with Gasteiger partial charge in [-0.05, 0) is 52.7 Å². The lowest BCUT2D eigenvalue weighted by Crippen LogP contribution is -2.41. The van der Waals surface area contributed by atoms with Crippen molar-refractivity contribution in [2.45, 2.75) is 76.9 Å². The third kappa shape index (κ3) is 2.44. The predicted molar refractivity (Wildman–Crippen MR) is 80.3 cm³/mol. The first kappa shape index (κ1) is 14.2. The lowest BCUT2D eigenvalue weighted by molar-refractivity contribution is 0.00578. The van der Waals surface area contributed by atoms with Crippen LogP contribution < -0.4 is 5.66 Å². The smallest absolute Gasteiger partial charge is 0.469 e. The van der Waals surface area contributed by atoms with Gasteiger partial charge in [0.25, 0.3) is 0 Å². The molecule has 0 radical (unpaired) electrons. The van der Waals surface area contributed by atoms with Gasteiger partial charge in [0, 0.05) is 5.92 Å². The summed E-state index contributed by atoms with van der Waals surface area (Å²) < 4.78 is 18.1. The van der Waals surface area contributed by atoms with E-state index in [1.165, 1.54) is 32.1 Å². The van der Waals surface area contributed by atoms with Gasteiger partial charge in [0.1, 0.15) is 11.4 Å². The Morgan fingerprint density at radius 1 is 0.950 bits per heavy atom. The predicted octanol–water partition coefficient (Wildman–Crippen LogP) is 3.63. The molecule has 0 amide bonds. The fraction of sp³-hybridized carbons (Fsp3) is 0.750. The average molecular weight is 276 g/mol. The Hall–Kier alpha value is -0.735. The van der Waals surface area contributed by atoms with Crippen LogP contribution in [0.2, 0.25) is 0 Å². The van der Waals surface area contributed by atoms with Crippen molar-refractivity contribution >= 4 is 12.8 Å². The van der Waals surface area contributed by atoms with Gasteiger partial charge in [-0.2, -0.15) is 0 Å². The zero-order valence-corrected chi connectivity index (χ0v) is 13.1. The van der Waals surface area contributed by atoms with E-state index in [4.69, 9.17) is 13.7 Å². The van der Waals surface area contributed by atoms with Crippen molar-refractivity contribution < 1.29 is 13.7 Å². The van der Waals surface area contributed by atoms with Crippen molar-refractivity contribution in [3.63, 3.8) is 0 Å². The largest absolute Gasteiger partial charge is 0.532 e. The van der Waals surface area contributed by atoms with Crippen molar-refractivity contribution in [3.05, 3.63) is 17.9 Å². The van der Waals surface area contributed by atoms with E-state index < -0.39 is 0 Å². The van der Waals surface area contributed by atoms with Gasteiger partial charge in [-0.25, -0.2) is 0 Å². The molecule has 2 aliphatic rings. The number of furan rings is 1. The van der Waals surface area contributed by atoms with Gasteiger partial charge in [0.15, 0.2) is 0 Å². The summed E-state index contributed by atoms with van der Waals surface area (Å²) in [6, 6.07) is 4.13. The van der Waals surface area contributed by atoms with Crippen molar-refractivity contribution in [2.75, 3.05) is 0 Å². The molecule has 1 aliphatic carbocycles. The van der Waals surface area contributed by atoms with Crippen LogP contribution >= 0.6 is 0 Å². The van der Waals surface area contributed by atoms with Crippen LogP contribution in [0.15, 0.2) is 16.5 Å². The molecule has 1 saturated carbocycles. The molecule has 0 bridgehead atoms. The Morgan fingerprint density at radius 2 is 1.55 bits per heavy atom. The van der Waals surface area contributed by atoms with E-state index in [0.717, 1.165) is 11.4 Å². The van der Waals surface area contributed by atoms with Crippen LogP contribution in [-0.2, 0) is 9.31 Å². The van der Waals surface area contributed by atoms with Crippen LogP contribution in [0.4, 0.5) is 0 Å². The number of hydrogen-bond donors (Lipinski definition) is 0. The minimum absolute atomic E-state index is 0.310. The third-order valence-corrected chi connectivity index (χ3v) is 5.14. The lowest BCUT2D eigenvalue weighted by Gasteiger charge is -2.32. The van der Waals surface area contributed by atoms with Crippen molar-refractivity contribution in [1.82, 2.24) is 0 Å². The molecule has 1 saturated heterocycles. The van der Waals surface area contributed by atoms with Gasteiger partial charge in [-0.15, -0.1) is 0 Å². The van der Waals surface area contributed by atoms with E-state index in [0.29, 0.717) is 5.92 Å². The first-order valence-electron chi connectivity index (χ1n) is 7.84. The summed E-state index contributed by atoms with van der Waals surface area (Å²) in [5, 5.41) is 0. The summed E-state index contributed by atoms with van der Waals surface area (Å²) in [4.78, 5) is 0. The van der Waals surface area contributed by atoms with Gasteiger partial charge in [0.05, 0.1) is 11.2 Å². The normalized spacial score (nSPS) is 26.1. The number of hydrogen-bond acceptors (Lipinski definition) is 3. The quantitative estimate of drug-likeness (QED) is 0.773. The standard InChI is InChI=1S/C16H25BO3/c1-15(2)16(3,4)20-17(19-15)14-11-10-13(18-14)12-8-6-5-7-9-12/h10-12H,5-9H2,1-4H3. The zero-order valence-electron chi connectivity index (χ0n) is 13.1. The van der Waals surface area contributed by atoms with Gasteiger partial charge in [-0.3, -0.25) is 0 Å². The molecule has 0 unspecified atom stereocenters. The zero-order chi connectivity index (χ0) is 14.4. The van der Waals surface area contributed by atoms with E-state index in [9.17, 15) is 0 Å². The molecule has 0 spiro atoms. The summed E-state index contributed by atoms with van der Waals surface area (Å²) in [6.45, 7) is 8.27. The van der Waals surface area contributed by atoms with Crippen LogP contribution in [0.1, 0.15) is 71.5 Å². The minimum Gasteiger partial charge on any atom is -0.469 e. The molecule has 3 rings (SSSR count). The SMILES string of the molecule is CC1(C)OB(c2ccc(C3CCCCC3)o2)OC1(C)C. The molecule has 110 valence electrons. The topological polar surface area (TPSA) is 31.6 Å². The second-order valence-electron chi connectivity index (χ2n) is 7.16. The Bertz CT molecular complexity index is 456. The fourth-order valence-corrected chi connectivity index (χ4v) is 3.06. The summed E-state index contributed by atoms with van der Waals surface area (Å²) in [5.74, 6) is 1.69. The summed E-state index contributed by atoms with van der Waals surface area (Å²) >= 11 is 0. The van der Waals surface area contributed by atoms with Crippen LogP contribution in [-0.4, -0.2) is 18.3 Å². The Balaban J connectivity index is 1.74.